The lowest BCUT2D eigenvalue weighted by molar-refractivity contribution is -0.134. The number of rotatable bonds is 1. The molecule has 1 aliphatic carbocycles. The maximum Gasteiger partial charge on any atom is 0.246 e. The van der Waals surface area contributed by atoms with Gasteiger partial charge in [-0.3, -0.25) is 14.9 Å². The Labute approximate surface area is 81.2 Å². The van der Waals surface area contributed by atoms with Gasteiger partial charge < -0.3 is 10.6 Å². The van der Waals surface area contributed by atoms with Crippen LogP contribution in [0, 0.1) is 0 Å². The lowest BCUT2D eigenvalue weighted by atomic mass is 10.3. The van der Waals surface area contributed by atoms with E-state index >= 15 is 0 Å². The van der Waals surface area contributed by atoms with Gasteiger partial charge in [-0.2, -0.15) is 0 Å². The number of nitrogens with zero attached hydrogens (tertiary/aromatic N) is 2. The molecule has 0 unspecified atom stereocenters. The molecule has 0 aromatic carbocycles. The summed E-state index contributed by atoms with van der Waals surface area (Å²) < 4.78 is 0. The summed E-state index contributed by atoms with van der Waals surface area (Å²) in [6.07, 6.45) is 2.10. The quantitative estimate of drug-likeness (QED) is 0.301. The Bertz CT molecular complexity index is 292. The minimum Gasteiger partial charge on any atom is -0.370 e. The SMILES string of the molecule is NC(=NC1CC1)N1CC(=O)NC(=O)C1. The zero-order valence-corrected chi connectivity index (χ0v) is 7.69. The summed E-state index contributed by atoms with van der Waals surface area (Å²) >= 11 is 0. The highest BCUT2D eigenvalue weighted by Gasteiger charge is 2.26. The second kappa shape index (κ2) is 3.28. The molecular formula is C8H12N4O2. The average Bonchev–Trinajstić information content (AvgIpc) is 2.86. The number of nitrogens with one attached hydrogen (secondary N) is 1. The van der Waals surface area contributed by atoms with Crippen molar-refractivity contribution in [1.29, 1.82) is 0 Å². The van der Waals surface area contributed by atoms with Gasteiger partial charge in [0.25, 0.3) is 0 Å². The van der Waals surface area contributed by atoms with Gasteiger partial charge in [-0.1, -0.05) is 0 Å². The fraction of sp³-hybridized carbons (Fsp3) is 0.625. The normalized spacial score (nSPS) is 23.7. The molecule has 2 aliphatic rings. The van der Waals surface area contributed by atoms with Gasteiger partial charge >= 0.3 is 0 Å². The lowest BCUT2D eigenvalue weighted by Crippen LogP contribution is -2.55. The summed E-state index contributed by atoms with van der Waals surface area (Å²) in [7, 11) is 0. The lowest BCUT2D eigenvalue weighted by Gasteiger charge is -2.26. The van der Waals surface area contributed by atoms with E-state index in [0.29, 0.717) is 12.0 Å². The van der Waals surface area contributed by atoms with Crippen molar-refractivity contribution in [3.63, 3.8) is 0 Å². The molecule has 0 aromatic rings. The molecule has 14 heavy (non-hydrogen) atoms. The molecule has 1 saturated carbocycles. The Morgan fingerprint density at radius 1 is 1.36 bits per heavy atom. The van der Waals surface area contributed by atoms with E-state index in [1.165, 1.54) is 4.90 Å². The predicted octanol–water partition coefficient (Wildman–Crippen LogP) is -1.58. The van der Waals surface area contributed by atoms with Crippen molar-refractivity contribution in [2.24, 2.45) is 10.7 Å². The van der Waals surface area contributed by atoms with Crippen LogP contribution < -0.4 is 11.1 Å². The van der Waals surface area contributed by atoms with Gasteiger partial charge in [-0.25, -0.2) is 4.99 Å². The van der Waals surface area contributed by atoms with Crippen LogP contribution in [0.5, 0.6) is 0 Å². The molecule has 2 fully saturated rings. The van der Waals surface area contributed by atoms with E-state index in [9.17, 15) is 9.59 Å². The molecule has 6 heteroatoms. The van der Waals surface area contributed by atoms with Crippen molar-refractivity contribution in [2.75, 3.05) is 13.1 Å². The topological polar surface area (TPSA) is 87.8 Å². The number of nitrogens with two attached hydrogens (primary N) is 1. The Morgan fingerprint density at radius 3 is 2.43 bits per heavy atom. The highest BCUT2D eigenvalue weighted by Crippen LogP contribution is 2.23. The first-order valence-electron chi connectivity index (χ1n) is 4.56. The van der Waals surface area contributed by atoms with Crippen LogP contribution >= 0.6 is 0 Å². The molecule has 0 radical (unpaired) electrons. The van der Waals surface area contributed by atoms with Gasteiger partial charge in [-0.05, 0) is 12.8 Å². The van der Waals surface area contributed by atoms with Crippen LogP contribution in [0.25, 0.3) is 0 Å². The summed E-state index contributed by atoms with van der Waals surface area (Å²) in [6.45, 7) is 0.238. The zero-order chi connectivity index (χ0) is 10.1. The number of carbonyl (C=O) groups excluding carboxylic acids is 2. The third kappa shape index (κ3) is 2.01. The van der Waals surface area contributed by atoms with Crippen molar-refractivity contribution < 1.29 is 9.59 Å². The van der Waals surface area contributed by atoms with Gasteiger partial charge in [0.2, 0.25) is 11.8 Å². The minimum atomic E-state index is -0.324. The molecule has 3 N–H and O–H groups in total. The predicted molar refractivity (Wildman–Crippen MR) is 49.4 cm³/mol. The van der Waals surface area contributed by atoms with E-state index in [1.54, 1.807) is 0 Å². The van der Waals surface area contributed by atoms with Gasteiger partial charge in [0, 0.05) is 0 Å². The number of piperazine rings is 1. The molecular weight excluding hydrogens is 184 g/mol. The number of carbonyl (C=O) groups is 2. The molecule has 2 amide bonds. The Hall–Kier alpha value is -1.59. The Balaban J connectivity index is 2.01. The van der Waals surface area contributed by atoms with E-state index in [0.717, 1.165) is 12.8 Å². The molecule has 1 heterocycles. The first kappa shape index (κ1) is 8.98. The van der Waals surface area contributed by atoms with E-state index < -0.39 is 0 Å². The highest BCUT2D eigenvalue weighted by atomic mass is 16.2. The van der Waals surface area contributed by atoms with Gasteiger partial charge in [0.05, 0.1) is 6.04 Å². The number of aliphatic imine (C=N–C) groups is 1. The molecule has 0 atom stereocenters. The molecule has 1 saturated heterocycles. The van der Waals surface area contributed by atoms with Crippen LogP contribution in [0.1, 0.15) is 12.8 Å². The fourth-order valence-corrected chi connectivity index (χ4v) is 1.27. The molecule has 0 spiro atoms. The molecule has 6 nitrogen and oxygen atoms in total. The van der Waals surface area contributed by atoms with Crippen LogP contribution in [0.3, 0.4) is 0 Å². The molecule has 0 aromatic heterocycles. The van der Waals surface area contributed by atoms with Crippen LogP contribution in [0.4, 0.5) is 0 Å². The summed E-state index contributed by atoms with van der Waals surface area (Å²) in [5.74, 6) is -0.346. The van der Waals surface area contributed by atoms with Gasteiger partial charge in [0.1, 0.15) is 13.1 Å². The van der Waals surface area contributed by atoms with E-state index in [2.05, 4.69) is 10.3 Å². The van der Waals surface area contributed by atoms with Crippen molar-refractivity contribution in [3.05, 3.63) is 0 Å². The van der Waals surface area contributed by atoms with Gasteiger partial charge in [-0.15, -0.1) is 0 Å². The number of hydrogen-bond donors (Lipinski definition) is 2. The molecule has 2 rings (SSSR count). The Morgan fingerprint density at radius 2 is 1.93 bits per heavy atom. The zero-order valence-electron chi connectivity index (χ0n) is 7.69. The summed E-state index contributed by atoms with van der Waals surface area (Å²) in [5.41, 5.74) is 5.66. The second-order valence-electron chi connectivity index (χ2n) is 3.55. The number of imide groups is 1. The van der Waals surface area contributed by atoms with E-state index in [4.69, 9.17) is 5.73 Å². The first-order valence-corrected chi connectivity index (χ1v) is 4.56. The number of guanidine groups is 1. The number of amides is 2. The van der Waals surface area contributed by atoms with Crippen molar-refractivity contribution >= 4 is 17.8 Å². The third-order valence-electron chi connectivity index (χ3n) is 2.13. The van der Waals surface area contributed by atoms with Crippen molar-refractivity contribution in [3.8, 4) is 0 Å². The molecule has 76 valence electrons. The summed E-state index contributed by atoms with van der Waals surface area (Å²) in [6, 6.07) is 0.301. The average molecular weight is 196 g/mol. The second-order valence-corrected chi connectivity index (χ2v) is 3.55. The maximum absolute atomic E-state index is 11.0. The molecule has 0 bridgehead atoms. The van der Waals surface area contributed by atoms with Crippen molar-refractivity contribution in [2.45, 2.75) is 18.9 Å². The van der Waals surface area contributed by atoms with E-state index in [-0.39, 0.29) is 24.9 Å². The number of hydrogen-bond acceptors (Lipinski definition) is 3. The molecule has 1 aliphatic heterocycles. The third-order valence-corrected chi connectivity index (χ3v) is 2.13. The van der Waals surface area contributed by atoms with Crippen LogP contribution in [0.15, 0.2) is 4.99 Å². The van der Waals surface area contributed by atoms with E-state index in [1.807, 2.05) is 0 Å². The highest BCUT2D eigenvalue weighted by molar-refractivity contribution is 6.02. The van der Waals surface area contributed by atoms with Crippen LogP contribution in [-0.4, -0.2) is 41.8 Å². The largest absolute Gasteiger partial charge is 0.370 e. The first-order chi connectivity index (χ1) is 6.65. The monoisotopic (exact) mass is 196 g/mol. The Kier molecular flexibility index (Phi) is 2.11. The standard InChI is InChI=1S/C8H12N4O2/c9-8(10-5-1-2-5)12-3-6(13)11-7(14)4-12/h5H,1-4H2,(H2,9,10)(H,11,13,14). The fourth-order valence-electron chi connectivity index (χ4n) is 1.27. The summed E-state index contributed by atoms with van der Waals surface area (Å²) in [4.78, 5) is 27.7. The van der Waals surface area contributed by atoms with Crippen molar-refractivity contribution in [1.82, 2.24) is 10.2 Å². The van der Waals surface area contributed by atoms with Gasteiger partial charge in [0.15, 0.2) is 5.96 Å². The minimum absolute atomic E-state index is 0.119. The van der Waals surface area contributed by atoms with Crippen LogP contribution in [-0.2, 0) is 9.59 Å². The summed E-state index contributed by atoms with van der Waals surface area (Å²) in [5, 5.41) is 2.20. The maximum atomic E-state index is 11.0. The van der Waals surface area contributed by atoms with Crippen LogP contribution in [0.2, 0.25) is 0 Å². The smallest absolute Gasteiger partial charge is 0.246 e.